The average Bonchev–Trinajstić information content (AvgIpc) is 2.59. The Bertz CT molecular complexity index is 425. The van der Waals surface area contributed by atoms with Crippen LogP contribution in [0.4, 0.5) is 0 Å². The van der Waals surface area contributed by atoms with Gasteiger partial charge in [0.15, 0.2) is 15.7 Å². The first-order valence-corrected chi connectivity index (χ1v) is 6.85. The number of nitrogens with zero attached hydrogens (tertiary/aromatic N) is 2. The summed E-state index contributed by atoms with van der Waals surface area (Å²) in [6.45, 7) is 5.88. The van der Waals surface area contributed by atoms with Crippen molar-refractivity contribution in [3.05, 3.63) is 11.7 Å². The van der Waals surface area contributed by atoms with Crippen molar-refractivity contribution in [3.8, 4) is 0 Å². The smallest absolute Gasteiger partial charge is 0.240 e. The van der Waals surface area contributed by atoms with E-state index in [0.717, 1.165) is 0 Å². The van der Waals surface area contributed by atoms with Crippen LogP contribution in [0.3, 0.4) is 0 Å². The maximum Gasteiger partial charge on any atom is 0.240 e. The molecule has 0 aliphatic heterocycles. The van der Waals surface area contributed by atoms with Crippen LogP contribution >= 0.6 is 0 Å². The molecule has 0 aliphatic rings. The van der Waals surface area contributed by atoms with Crippen LogP contribution in [0, 0.1) is 6.92 Å². The number of sulfone groups is 1. The molecule has 0 aromatic carbocycles. The van der Waals surface area contributed by atoms with Crippen LogP contribution in [0.15, 0.2) is 4.52 Å². The summed E-state index contributed by atoms with van der Waals surface area (Å²) in [5.41, 5.74) is 0. The van der Waals surface area contributed by atoms with Crippen molar-refractivity contribution >= 4 is 9.84 Å². The van der Waals surface area contributed by atoms with Gasteiger partial charge in [-0.3, -0.25) is 0 Å². The number of hydrogen-bond acceptors (Lipinski definition) is 6. The van der Waals surface area contributed by atoms with Crippen molar-refractivity contribution in [2.75, 3.05) is 12.3 Å². The molecule has 0 amide bonds. The van der Waals surface area contributed by atoms with Crippen LogP contribution in [0.1, 0.15) is 25.6 Å². The molecule has 0 atom stereocenters. The minimum atomic E-state index is -2.98. The van der Waals surface area contributed by atoms with Crippen molar-refractivity contribution in [1.82, 2.24) is 15.5 Å². The first-order valence-electron chi connectivity index (χ1n) is 5.13. The topological polar surface area (TPSA) is 85.1 Å². The molecular formula is C9H17N3O3S. The Labute approximate surface area is 95.3 Å². The molecule has 7 heteroatoms. The van der Waals surface area contributed by atoms with Crippen molar-refractivity contribution in [2.24, 2.45) is 0 Å². The van der Waals surface area contributed by atoms with E-state index in [9.17, 15) is 8.42 Å². The second-order valence-electron chi connectivity index (χ2n) is 3.83. The first kappa shape index (κ1) is 13.1. The summed E-state index contributed by atoms with van der Waals surface area (Å²) in [5.74, 6) is 1.17. The highest BCUT2D eigenvalue weighted by Gasteiger charge is 2.15. The SMILES string of the molecule is Cc1noc(CNCCS(=O)(=O)C(C)C)n1. The van der Waals surface area contributed by atoms with Crippen molar-refractivity contribution in [1.29, 1.82) is 0 Å². The molecule has 1 aromatic rings. The van der Waals surface area contributed by atoms with E-state index < -0.39 is 9.84 Å². The average molecular weight is 247 g/mol. The molecule has 0 aliphatic carbocycles. The minimum Gasteiger partial charge on any atom is -0.338 e. The Hall–Kier alpha value is -0.950. The van der Waals surface area contributed by atoms with Crippen molar-refractivity contribution < 1.29 is 12.9 Å². The standard InChI is InChI=1S/C9H17N3O3S/c1-7(2)16(13,14)5-4-10-6-9-11-8(3)12-15-9/h7,10H,4-6H2,1-3H3. The molecule has 0 radical (unpaired) electrons. The maximum absolute atomic E-state index is 11.5. The molecule has 1 N–H and O–H groups in total. The van der Waals surface area contributed by atoms with Gasteiger partial charge in [-0.25, -0.2) is 8.42 Å². The fourth-order valence-electron chi connectivity index (χ4n) is 1.06. The number of aromatic nitrogens is 2. The maximum atomic E-state index is 11.5. The molecule has 1 rings (SSSR count). The van der Waals surface area contributed by atoms with Gasteiger partial charge in [-0.2, -0.15) is 4.98 Å². The van der Waals surface area contributed by atoms with Gasteiger partial charge in [0.05, 0.1) is 17.5 Å². The van der Waals surface area contributed by atoms with E-state index in [2.05, 4.69) is 15.5 Å². The van der Waals surface area contributed by atoms with Crippen LogP contribution < -0.4 is 5.32 Å². The fraction of sp³-hybridized carbons (Fsp3) is 0.778. The van der Waals surface area contributed by atoms with E-state index in [4.69, 9.17) is 4.52 Å². The van der Waals surface area contributed by atoms with Gasteiger partial charge in [-0.05, 0) is 20.8 Å². The zero-order valence-electron chi connectivity index (χ0n) is 9.73. The van der Waals surface area contributed by atoms with Crippen LogP contribution in [0.5, 0.6) is 0 Å². The van der Waals surface area contributed by atoms with Crippen LogP contribution in [0.25, 0.3) is 0 Å². The predicted molar refractivity (Wildman–Crippen MR) is 59.7 cm³/mol. The minimum absolute atomic E-state index is 0.123. The summed E-state index contributed by atoms with van der Waals surface area (Å²) in [6, 6.07) is 0. The molecule has 1 aromatic heterocycles. The Morgan fingerprint density at radius 1 is 1.44 bits per heavy atom. The summed E-state index contributed by atoms with van der Waals surface area (Å²) in [5, 5.41) is 6.25. The molecular weight excluding hydrogens is 230 g/mol. The van der Waals surface area contributed by atoms with Crippen LogP contribution in [-0.2, 0) is 16.4 Å². The molecule has 1 heterocycles. The summed E-state index contributed by atoms with van der Waals surface area (Å²) in [4.78, 5) is 3.99. The highest BCUT2D eigenvalue weighted by molar-refractivity contribution is 7.92. The lowest BCUT2D eigenvalue weighted by Crippen LogP contribution is -2.27. The third-order valence-electron chi connectivity index (χ3n) is 2.13. The summed E-state index contributed by atoms with van der Waals surface area (Å²) >= 11 is 0. The van der Waals surface area contributed by atoms with Gasteiger partial charge in [-0.15, -0.1) is 0 Å². The van der Waals surface area contributed by atoms with E-state index in [1.165, 1.54) is 0 Å². The van der Waals surface area contributed by atoms with E-state index in [1.807, 2.05) is 0 Å². The lowest BCUT2D eigenvalue weighted by molar-refractivity contribution is 0.365. The lowest BCUT2D eigenvalue weighted by atomic mass is 10.6. The Kier molecular flexibility index (Phi) is 4.43. The van der Waals surface area contributed by atoms with Gasteiger partial charge in [-0.1, -0.05) is 5.16 Å². The molecule has 0 unspecified atom stereocenters. The van der Waals surface area contributed by atoms with Gasteiger partial charge in [0.2, 0.25) is 5.89 Å². The molecule has 6 nitrogen and oxygen atoms in total. The number of rotatable bonds is 6. The van der Waals surface area contributed by atoms with E-state index in [-0.39, 0.29) is 11.0 Å². The van der Waals surface area contributed by atoms with Crippen molar-refractivity contribution in [2.45, 2.75) is 32.6 Å². The van der Waals surface area contributed by atoms with Gasteiger partial charge in [0.25, 0.3) is 0 Å². The monoisotopic (exact) mass is 247 g/mol. The summed E-state index contributed by atoms with van der Waals surface area (Å²) in [7, 11) is -2.98. The van der Waals surface area contributed by atoms with Gasteiger partial charge >= 0.3 is 0 Å². The van der Waals surface area contributed by atoms with Crippen LogP contribution in [-0.4, -0.2) is 36.1 Å². The van der Waals surface area contributed by atoms with Crippen molar-refractivity contribution in [3.63, 3.8) is 0 Å². The summed E-state index contributed by atoms with van der Waals surface area (Å²) < 4.78 is 27.8. The molecule has 0 bridgehead atoms. The highest BCUT2D eigenvalue weighted by atomic mass is 32.2. The Morgan fingerprint density at radius 3 is 2.62 bits per heavy atom. The van der Waals surface area contributed by atoms with E-state index >= 15 is 0 Å². The molecule has 0 saturated heterocycles. The molecule has 16 heavy (non-hydrogen) atoms. The number of aryl methyl sites for hydroxylation is 1. The third kappa shape index (κ3) is 3.90. The normalized spacial score (nSPS) is 12.2. The van der Waals surface area contributed by atoms with E-state index in [0.29, 0.717) is 24.8 Å². The molecule has 0 spiro atoms. The highest BCUT2D eigenvalue weighted by Crippen LogP contribution is 1.99. The zero-order chi connectivity index (χ0) is 12.2. The lowest BCUT2D eigenvalue weighted by Gasteiger charge is -2.07. The van der Waals surface area contributed by atoms with Gasteiger partial charge < -0.3 is 9.84 Å². The number of hydrogen-bond donors (Lipinski definition) is 1. The zero-order valence-corrected chi connectivity index (χ0v) is 10.5. The first-order chi connectivity index (χ1) is 7.42. The number of nitrogens with one attached hydrogen (secondary N) is 1. The van der Waals surface area contributed by atoms with Gasteiger partial charge in [0, 0.05) is 6.54 Å². The second-order valence-corrected chi connectivity index (χ2v) is 6.50. The molecule has 92 valence electrons. The fourth-order valence-corrected chi connectivity index (χ4v) is 1.96. The van der Waals surface area contributed by atoms with Crippen LogP contribution in [0.2, 0.25) is 0 Å². The predicted octanol–water partition coefficient (Wildman–Crippen LogP) is 0.291. The third-order valence-corrected chi connectivity index (χ3v) is 4.34. The molecule has 0 fully saturated rings. The van der Waals surface area contributed by atoms with Gasteiger partial charge in [0.1, 0.15) is 0 Å². The Morgan fingerprint density at radius 2 is 2.12 bits per heavy atom. The second kappa shape index (κ2) is 5.40. The quantitative estimate of drug-likeness (QED) is 0.727. The van der Waals surface area contributed by atoms with E-state index in [1.54, 1.807) is 20.8 Å². The molecule has 0 saturated carbocycles. The summed E-state index contributed by atoms with van der Waals surface area (Å²) in [6.07, 6.45) is 0. The Balaban J connectivity index is 2.27. The largest absolute Gasteiger partial charge is 0.338 e.